The molecule has 12 heteroatoms. The maximum atomic E-state index is 13.7. The van der Waals surface area contributed by atoms with Crippen molar-refractivity contribution >= 4 is 44.2 Å². The number of sulfonamides is 1. The number of hydrogen-bond donors (Lipinski definition) is 3. The monoisotopic (exact) mass is 584 g/mol. The van der Waals surface area contributed by atoms with Gasteiger partial charge in [-0.25, -0.2) is 13.2 Å². The summed E-state index contributed by atoms with van der Waals surface area (Å²) in [7, 11) is 1.35. The van der Waals surface area contributed by atoms with Crippen molar-refractivity contribution in [2.45, 2.75) is 32.7 Å². The maximum absolute atomic E-state index is 13.7. The van der Waals surface area contributed by atoms with Crippen LogP contribution in [-0.2, 0) is 29.0 Å². The summed E-state index contributed by atoms with van der Waals surface area (Å²) >= 11 is 0. The van der Waals surface area contributed by atoms with Gasteiger partial charge in [0.25, 0.3) is 5.91 Å². The Morgan fingerprint density at radius 3 is 2.27 bits per heavy atom. The van der Waals surface area contributed by atoms with E-state index in [-0.39, 0.29) is 28.8 Å². The third kappa shape index (κ3) is 6.76. The van der Waals surface area contributed by atoms with Crippen LogP contribution in [0.2, 0.25) is 0 Å². The highest BCUT2D eigenvalue weighted by atomic mass is 32.2. The Bertz CT molecular complexity index is 1570. The highest BCUT2D eigenvalue weighted by Crippen LogP contribution is 2.39. The molecule has 11 nitrogen and oxygen atoms in total. The molecule has 1 aromatic heterocycles. The number of ether oxygens (including phenoxy) is 1. The third-order valence-corrected chi connectivity index (χ3v) is 7.93. The summed E-state index contributed by atoms with van der Waals surface area (Å²) in [6.45, 7) is 9.55. The van der Waals surface area contributed by atoms with Crippen LogP contribution in [0.1, 0.15) is 42.4 Å². The lowest BCUT2D eigenvalue weighted by Crippen LogP contribution is -2.50. The number of carbonyl (C=O) groups is 2. The highest BCUT2D eigenvalue weighted by Gasteiger charge is 2.25. The van der Waals surface area contributed by atoms with E-state index in [1.165, 1.54) is 7.11 Å². The van der Waals surface area contributed by atoms with Gasteiger partial charge in [-0.05, 0) is 34.7 Å². The van der Waals surface area contributed by atoms with Gasteiger partial charge in [-0.2, -0.15) is 0 Å². The van der Waals surface area contributed by atoms with E-state index in [0.717, 1.165) is 41.4 Å². The minimum absolute atomic E-state index is 0.0614. The number of piperazine rings is 1. The fourth-order valence-electron chi connectivity index (χ4n) is 5.19. The standard InChI is InChI=1S/C29H40N6O5S/c1-29(2,3)21-16-22(26(40-6)23(17-21)32-41(7,38)39)31-27(36)24-15-19-9-8-10-20(25(19)33(24)5)18-34-11-13-35(14-12-34)28(37)30-4/h8-10,15-17,32H,11-14,18H2,1-7H3,(H,30,37)(H,31,36). The van der Waals surface area contributed by atoms with Crippen molar-refractivity contribution in [2.24, 2.45) is 7.05 Å². The highest BCUT2D eigenvalue weighted by molar-refractivity contribution is 7.92. The van der Waals surface area contributed by atoms with Crippen molar-refractivity contribution in [3.8, 4) is 5.75 Å². The topological polar surface area (TPSA) is 125 Å². The summed E-state index contributed by atoms with van der Waals surface area (Å²) in [5, 5.41) is 6.59. The first-order valence-corrected chi connectivity index (χ1v) is 15.4. The molecule has 3 aromatic rings. The van der Waals surface area contributed by atoms with Gasteiger partial charge in [0, 0.05) is 52.2 Å². The van der Waals surface area contributed by atoms with Gasteiger partial charge in [0.1, 0.15) is 5.69 Å². The molecule has 0 unspecified atom stereocenters. The van der Waals surface area contributed by atoms with Crippen LogP contribution in [0.4, 0.5) is 16.2 Å². The van der Waals surface area contributed by atoms with Crippen molar-refractivity contribution in [1.82, 2.24) is 19.7 Å². The van der Waals surface area contributed by atoms with E-state index in [9.17, 15) is 18.0 Å². The normalized spacial score (nSPS) is 14.7. The molecular formula is C29H40N6O5S. The molecule has 4 rings (SSSR count). The molecule has 41 heavy (non-hydrogen) atoms. The third-order valence-electron chi connectivity index (χ3n) is 7.34. The number of fused-ring (bicyclic) bond motifs is 1. The van der Waals surface area contributed by atoms with Gasteiger partial charge in [0.05, 0.1) is 30.3 Å². The summed E-state index contributed by atoms with van der Waals surface area (Å²) in [5.41, 5.74) is 3.64. The van der Waals surface area contributed by atoms with E-state index in [2.05, 4.69) is 26.3 Å². The number of aromatic nitrogens is 1. The van der Waals surface area contributed by atoms with E-state index in [0.29, 0.717) is 31.0 Å². The first kappa shape index (κ1) is 30.2. The summed E-state index contributed by atoms with van der Waals surface area (Å²) in [4.78, 5) is 29.7. The zero-order valence-electron chi connectivity index (χ0n) is 24.8. The second kappa shape index (κ2) is 11.6. The van der Waals surface area contributed by atoms with E-state index in [1.807, 2.05) is 61.6 Å². The number of rotatable bonds is 7. The van der Waals surface area contributed by atoms with Crippen LogP contribution in [0.5, 0.6) is 5.75 Å². The SMILES string of the molecule is CNC(=O)N1CCN(Cc2cccc3cc(C(=O)Nc4cc(C(C)(C)C)cc(NS(C)(=O)=O)c4OC)n(C)c23)CC1. The average Bonchev–Trinajstić information content (AvgIpc) is 3.24. The molecule has 1 aliphatic heterocycles. The van der Waals surface area contributed by atoms with Crippen LogP contribution in [0.15, 0.2) is 36.4 Å². The quantitative estimate of drug-likeness (QED) is 0.390. The first-order chi connectivity index (χ1) is 19.2. The summed E-state index contributed by atoms with van der Waals surface area (Å²) in [6.07, 6.45) is 1.07. The largest absolute Gasteiger partial charge is 0.492 e. The number of amides is 3. The molecule has 2 heterocycles. The zero-order valence-corrected chi connectivity index (χ0v) is 25.6. The number of hydrogen-bond acceptors (Lipinski definition) is 6. The molecule has 0 aliphatic carbocycles. The number of urea groups is 1. The molecule has 1 fully saturated rings. The second-order valence-electron chi connectivity index (χ2n) is 11.4. The lowest BCUT2D eigenvalue weighted by Gasteiger charge is -2.34. The van der Waals surface area contributed by atoms with Crippen LogP contribution in [0.25, 0.3) is 10.9 Å². The van der Waals surface area contributed by atoms with Crippen molar-refractivity contribution in [3.05, 3.63) is 53.2 Å². The molecule has 3 N–H and O–H groups in total. The van der Waals surface area contributed by atoms with Gasteiger partial charge in [-0.3, -0.25) is 14.4 Å². The fraction of sp³-hybridized carbons (Fsp3) is 0.448. The smallest absolute Gasteiger partial charge is 0.317 e. The number of anilines is 2. The van der Waals surface area contributed by atoms with Crippen molar-refractivity contribution in [3.63, 3.8) is 0 Å². The van der Waals surface area contributed by atoms with Crippen LogP contribution in [0.3, 0.4) is 0 Å². The van der Waals surface area contributed by atoms with Crippen molar-refractivity contribution < 1.29 is 22.7 Å². The van der Waals surface area contributed by atoms with E-state index < -0.39 is 10.0 Å². The maximum Gasteiger partial charge on any atom is 0.317 e. The van der Waals surface area contributed by atoms with Gasteiger partial charge >= 0.3 is 6.03 Å². The number of nitrogens with zero attached hydrogens (tertiary/aromatic N) is 3. The minimum atomic E-state index is -3.59. The predicted molar refractivity (Wildman–Crippen MR) is 162 cm³/mol. The Morgan fingerprint density at radius 2 is 1.68 bits per heavy atom. The molecule has 1 saturated heterocycles. The fourth-order valence-corrected chi connectivity index (χ4v) is 5.74. The van der Waals surface area contributed by atoms with Gasteiger partial charge in [-0.1, -0.05) is 39.0 Å². The molecule has 3 amide bonds. The first-order valence-electron chi connectivity index (χ1n) is 13.5. The summed E-state index contributed by atoms with van der Waals surface area (Å²) in [5.74, 6) is -0.115. The predicted octanol–water partition coefficient (Wildman–Crippen LogP) is 3.57. The molecular weight excluding hydrogens is 544 g/mol. The second-order valence-corrected chi connectivity index (χ2v) is 13.2. The molecule has 0 bridgehead atoms. The number of methoxy groups -OCH3 is 1. The van der Waals surface area contributed by atoms with Gasteiger partial charge < -0.3 is 24.8 Å². The van der Waals surface area contributed by atoms with Gasteiger partial charge in [-0.15, -0.1) is 0 Å². The van der Waals surface area contributed by atoms with E-state index >= 15 is 0 Å². The molecule has 0 spiro atoms. The van der Waals surface area contributed by atoms with E-state index in [4.69, 9.17) is 4.74 Å². The van der Waals surface area contributed by atoms with Crippen molar-refractivity contribution in [1.29, 1.82) is 0 Å². The molecule has 0 radical (unpaired) electrons. The lowest BCUT2D eigenvalue weighted by molar-refractivity contribution is 0.101. The van der Waals surface area contributed by atoms with Gasteiger partial charge in [0.2, 0.25) is 10.0 Å². The van der Waals surface area contributed by atoms with Crippen LogP contribution >= 0.6 is 0 Å². The number of para-hydroxylation sites is 1. The number of carbonyl (C=O) groups excluding carboxylic acids is 2. The Labute approximate surface area is 241 Å². The summed E-state index contributed by atoms with van der Waals surface area (Å²) in [6, 6.07) is 11.4. The Morgan fingerprint density at radius 1 is 1.02 bits per heavy atom. The summed E-state index contributed by atoms with van der Waals surface area (Å²) < 4.78 is 34.1. The molecule has 0 atom stereocenters. The molecule has 1 aliphatic rings. The van der Waals surface area contributed by atoms with Crippen LogP contribution in [0, 0.1) is 0 Å². The Hall–Kier alpha value is -3.77. The molecule has 0 saturated carbocycles. The zero-order chi connectivity index (χ0) is 30.1. The van der Waals surface area contributed by atoms with Crippen molar-refractivity contribution in [2.75, 3.05) is 56.6 Å². The molecule has 2 aromatic carbocycles. The Kier molecular flexibility index (Phi) is 8.55. The van der Waals surface area contributed by atoms with Gasteiger partial charge in [0.15, 0.2) is 5.75 Å². The Balaban J connectivity index is 1.64. The lowest BCUT2D eigenvalue weighted by atomic mass is 9.86. The number of aryl methyl sites for hydroxylation is 1. The van der Waals surface area contributed by atoms with Crippen LogP contribution < -0.4 is 20.1 Å². The van der Waals surface area contributed by atoms with E-state index in [1.54, 1.807) is 13.1 Å². The average molecular weight is 585 g/mol. The number of benzene rings is 2. The molecule has 222 valence electrons. The van der Waals surface area contributed by atoms with Crippen LogP contribution in [-0.4, -0.2) is 81.3 Å². The minimum Gasteiger partial charge on any atom is -0.492 e. The number of nitrogens with one attached hydrogen (secondary N) is 3.